The van der Waals surface area contributed by atoms with Crippen LogP contribution in [0.5, 0.6) is 0 Å². The molecule has 0 saturated carbocycles. The summed E-state index contributed by atoms with van der Waals surface area (Å²) in [6.45, 7) is 3.22. The van der Waals surface area contributed by atoms with Crippen LogP contribution in [0.25, 0.3) is 0 Å². The maximum Gasteiger partial charge on any atom is 0.312 e. The Bertz CT molecular complexity index is 214. The Morgan fingerprint density at radius 3 is 2.91 bits per heavy atom. The molecule has 0 saturated heterocycles. The molecule has 0 bridgehead atoms. The second kappa shape index (κ2) is 4.31. The Labute approximate surface area is 69.5 Å². The molecule has 1 aromatic heterocycles. The Balaban J connectivity index is 2.27. The molecular formula is C6H9ClN2O2. The highest BCUT2D eigenvalue weighted by Crippen LogP contribution is 2.05. The van der Waals surface area contributed by atoms with Crippen LogP contribution in [0.2, 0.25) is 5.35 Å². The van der Waals surface area contributed by atoms with Crippen LogP contribution in [0.1, 0.15) is 12.8 Å². The molecule has 1 heterocycles. The summed E-state index contributed by atoms with van der Waals surface area (Å²) in [6, 6.07) is 0. The van der Waals surface area contributed by atoms with Gasteiger partial charge in [0.15, 0.2) is 0 Å². The number of halogens is 1. The molecule has 0 spiro atoms. The van der Waals surface area contributed by atoms with Gasteiger partial charge < -0.3 is 9.15 Å². The number of rotatable bonds is 4. The van der Waals surface area contributed by atoms with Crippen LogP contribution in [-0.4, -0.2) is 23.4 Å². The first kappa shape index (κ1) is 8.49. The first-order chi connectivity index (χ1) is 5.33. The molecule has 0 unspecified atom stereocenters. The molecule has 0 aliphatic heterocycles. The number of nitrogens with zero attached hydrogens (tertiary/aromatic N) is 2. The van der Waals surface area contributed by atoms with E-state index in [1.54, 1.807) is 0 Å². The third-order valence-electron chi connectivity index (χ3n) is 1.11. The first-order valence-corrected chi connectivity index (χ1v) is 3.76. The Morgan fingerprint density at radius 1 is 1.55 bits per heavy atom. The van der Waals surface area contributed by atoms with Crippen LogP contribution >= 0.6 is 11.6 Å². The zero-order valence-corrected chi connectivity index (χ0v) is 6.97. The molecule has 11 heavy (non-hydrogen) atoms. The van der Waals surface area contributed by atoms with Gasteiger partial charge in [-0.2, -0.15) is 0 Å². The van der Waals surface area contributed by atoms with Crippen molar-refractivity contribution in [2.24, 2.45) is 0 Å². The number of aromatic nitrogens is 2. The van der Waals surface area contributed by atoms with E-state index in [1.807, 2.05) is 6.92 Å². The van der Waals surface area contributed by atoms with Gasteiger partial charge in [-0.3, -0.25) is 0 Å². The number of hydrogen-bond acceptors (Lipinski definition) is 4. The van der Waals surface area contributed by atoms with Gasteiger partial charge in [0.05, 0.1) is 6.61 Å². The minimum atomic E-state index is 0.0801. The Hall–Kier alpha value is -0.610. The Morgan fingerprint density at radius 2 is 2.36 bits per heavy atom. The zero-order valence-electron chi connectivity index (χ0n) is 6.21. The SMILES string of the molecule is CCOCCc1nnc(Cl)o1. The highest BCUT2D eigenvalue weighted by Gasteiger charge is 2.01. The average Bonchev–Trinajstić information content (AvgIpc) is 2.37. The molecule has 1 aromatic rings. The topological polar surface area (TPSA) is 48.2 Å². The van der Waals surface area contributed by atoms with Gasteiger partial charge in [-0.15, -0.1) is 5.10 Å². The van der Waals surface area contributed by atoms with Crippen molar-refractivity contribution >= 4 is 11.6 Å². The number of hydrogen-bond donors (Lipinski definition) is 0. The minimum absolute atomic E-state index is 0.0801. The maximum absolute atomic E-state index is 5.39. The van der Waals surface area contributed by atoms with Crippen LogP contribution in [0.15, 0.2) is 4.42 Å². The summed E-state index contributed by atoms with van der Waals surface area (Å²) >= 11 is 5.39. The molecule has 0 aliphatic carbocycles. The molecule has 0 fully saturated rings. The quantitative estimate of drug-likeness (QED) is 0.649. The molecule has 4 nitrogen and oxygen atoms in total. The summed E-state index contributed by atoms with van der Waals surface area (Å²) in [5, 5.41) is 7.23. The predicted molar refractivity (Wildman–Crippen MR) is 39.5 cm³/mol. The van der Waals surface area contributed by atoms with Crippen molar-refractivity contribution in [2.75, 3.05) is 13.2 Å². The molecule has 1 rings (SSSR count). The van der Waals surface area contributed by atoms with E-state index in [0.29, 0.717) is 25.5 Å². The highest BCUT2D eigenvalue weighted by atomic mass is 35.5. The standard InChI is InChI=1S/C6H9ClN2O2/c1-2-10-4-3-5-8-9-6(7)11-5/h2-4H2,1H3. The summed E-state index contributed by atoms with van der Waals surface area (Å²) in [4.78, 5) is 0. The lowest BCUT2D eigenvalue weighted by Gasteiger charge is -1.94. The van der Waals surface area contributed by atoms with E-state index in [9.17, 15) is 0 Å². The molecule has 0 aromatic carbocycles. The van der Waals surface area contributed by atoms with Crippen molar-refractivity contribution in [3.63, 3.8) is 0 Å². The van der Waals surface area contributed by atoms with Gasteiger partial charge in [-0.1, -0.05) is 5.10 Å². The fraction of sp³-hybridized carbons (Fsp3) is 0.667. The molecule has 5 heteroatoms. The lowest BCUT2D eigenvalue weighted by Crippen LogP contribution is -1.97. The van der Waals surface area contributed by atoms with Crippen LogP contribution in [0, 0.1) is 0 Å². The smallest absolute Gasteiger partial charge is 0.312 e. The van der Waals surface area contributed by atoms with Crippen molar-refractivity contribution in [1.82, 2.24) is 10.2 Å². The molecule has 0 radical (unpaired) electrons. The third kappa shape index (κ3) is 2.86. The second-order valence-electron chi connectivity index (χ2n) is 1.90. The van der Waals surface area contributed by atoms with E-state index >= 15 is 0 Å². The van der Waals surface area contributed by atoms with Crippen molar-refractivity contribution in [3.8, 4) is 0 Å². The summed E-state index contributed by atoms with van der Waals surface area (Å²) in [7, 11) is 0. The van der Waals surface area contributed by atoms with Crippen LogP contribution < -0.4 is 0 Å². The maximum atomic E-state index is 5.39. The van der Waals surface area contributed by atoms with E-state index in [2.05, 4.69) is 10.2 Å². The van der Waals surface area contributed by atoms with Gasteiger partial charge in [-0.25, -0.2) is 0 Å². The first-order valence-electron chi connectivity index (χ1n) is 3.38. The van der Waals surface area contributed by atoms with Gasteiger partial charge >= 0.3 is 5.35 Å². The van der Waals surface area contributed by atoms with E-state index in [4.69, 9.17) is 20.8 Å². The summed E-state index contributed by atoms with van der Waals surface area (Å²) in [6.07, 6.45) is 0.619. The monoisotopic (exact) mass is 176 g/mol. The zero-order chi connectivity index (χ0) is 8.10. The van der Waals surface area contributed by atoms with Crippen LogP contribution in [0.3, 0.4) is 0 Å². The van der Waals surface area contributed by atoms with Gasteiger partial charge in [0.2, 0.25) is 5.89 Å². The average molecular weight is 177 g/mol. The van der Waals surface area contributed by atoms with Crippen LogP contribution in [-0.2, 0) is 11.2 Å². The van der Waals surface area contributed by atoms with E-state index < -0.39 is 0 Å². The second-order valence-corrected chi connectivity index (χ2v) is 2.22. The van der Waals surface area contributed by atoms with Crippen molar-refractivity contribution in [1.29, 1.82) is 0 Å². The van der Waals surface area contributed by atoms with Gasteiger partial charge in [0, 0.05) is 13.0 Å². The lowest BCUT2D eigenvalue weighted by molar-refractivity contribution is 0.146. The van der Waals surface area contributed by atoms with E-state index in [0.717, 1.165) is 0 Å². The van der Waals surface area contributed by atoms with Crippen molar-refractivity contribution in [3.05, 3.63) is 11.2 Å². The molecule has 62 valence electrons. The summed E-state index contributed by atoms with van der Waals surface area (Å²) in [5.74, 6) is 0.517. The Kier molecular flexibility index (Phi) is 3.32. The predicted octanol–water partition coefficient (Wildman–Crippen LogP) is 1.30. The molecular weight excluding hydrogens is 168 g/mol. The number of ether oxygens (including phenoxy) is 1. The van der Waals surface area contributed by atoms with Gasteiger partial charge in [0.25, 0.3) is 0 Å². The fourth-order valence-corrected chi connectivity index (χ4v) is 0.765. The van der Waals surface area contributed by atoms with E-state index in [1.165, 1.54) is 0 Å². The van der Waals surface area contributed by atoms with Gasteiger partial charge in [-0.05, 0) is 18.5 Å². The van der Waals surface area contributed by atoms with Crippen molar-refractivity contribution in [2.45, 2.75) is 13.3 Å². The summed E-state index contributed by atoms with van der Waals surface area (Å²) in [5.41, 5.74) is 0. The van der Waals surface area contributed by atoms with E-state index in [-0.39, 0.29) is 5.35 Å². The largest absolute Gasteiger partial charge is 0.412 e. The molecule has 0 N–H and O–H groups in total. The summed E-state index contributed by atoms with van der Waals surface area (Å²) < 4.78 is 9.97. The highest BCUT2D eigenvalue weighted by molar-refractivity contribution is 6.27. The minimum Gasteiger partial charge on any atom is -0.412 e. The molecule has 0 aliphatic rings. The lowest BCUT2D eigenvalue weighted by atomic mass is 10.5. The molecule has 0 amide bonds. The van der Waals surface area contributed by atoms with Crippen molar-refractivity contribution < 1.29 is 9.15 Å². The molecule has 0 atom stereocenters. The fourth-order valence-electron chi connectivity index (χ4n) is 0.638. The van der Waals surface area contributed by atoms with Crippen LogP contribution in [0.4, 0.5) is 0 Å². The third-order valence-corrected chi connectivity index (χ3v) is 1.26. The normalized spacial score (nSPS) is 10.4. The van der Waals surface area contributed by atoms with Gasteiger partial charge in [0.1, 0.15) is 0 Å².